The van der Waals surface area contributed by atoms with E-state index in [0.717, 1.165) is 12.8 Å². The van der Waals surface area contributed by atoms with E-state index in [1.54, 1.807) is 0 Å². The third-order valence-corrected chi connectivity index (χ3v) is 4.71. The van der Waals surface area contributed by atoms with E-state index in [1.807, 2.05) is 0 Å². The molecule has 0 aromatic rings. The SMILES string of the molecule is CCCCCCCCCCCCCCCCOC(=O)[C@@H](N)CCC(=O)O. The smallest absolute Gasteiger partial charge is 0.322 e. The first-order valence-corrected chi connectivity index (χ1v) is 10.7. The molecule has 1 atom stereocenters. The van der Waals surface area contributed by atoms with E-state index in [4.69, 9.17) is 15.6 Å². The van der Waals surface area contributed by atoms with Gasteiger partial charge in [-0.05, 0) is 12.8 Å². The second-order valence-electron chi connectivity index (χ2n) is 7.30. The van der Waals surface area contributed by atoms with Crippen molar-refractivity contribution in [1.29, 1.82) is 0 Å². The third-order valence-electron chi connectivity index (χ3n) is 4.71. The molecule has 0 amide bonds. The van der Waals surface area contributed by atoms with Gasteiger partial charge in [-0.2, -0.15) is 0 Å². The minimum Gasteiger partial charge on any atom is -0.481 e. The van der Waals surface area contributed by atoms with Gasteiger partial charge in [0.05, 0.1) is 6.61 Å². The summed E-state index contributed by atoms with van der Waals surface area (Å²) in [5.74, 6) is -1.43. The summed E-state index contributed by atoms with van der Waals surface area (Å²) in [6.45, 7) is 2.64. The van der Waals surface area contributed by atoms with Gasteiger partial charge in [-0.1, -0.05) is 90.4 Å². The number of ether oxygens (including phenoxy) is 1. The molecular weight excluding hydrogens is 330 g/mol. The van der Waals surface area contributed by atoms with Crippen molar-refractivity contribution in [2.75, 3.05) is 6.61 Å². The zero-order chi connectivity index (χ0) is 19.5. The standard InChI is InChI=1S/C21H41NO4/c1-2-3-4-5-6-7-8-9-10-11-12-13-14-15-18-26-21(25)19(22)16-17-20(23)24/h19H,2-18,22H2,1H3,(H,23,24)/t19-/m0/s1. The van der Waals surface area contributed by atoms with Crippen molar-refractivity contribution >= 4 is 11.9 Å². The van der Waals surface area contributed by atoms with Crippen LogP contribution in [-0.2, 0) is 14.3 Å². The van der Waals surface area contributed by atoms with Crippen molar-refractivity contribution in [2.45, 2.75) is 116 Å². The molecule has 0 saturated heterocycles. The largest absolute Gasteiger partial charge is 0.481 e. The molecule has 0 saturated carbocycles. The molecule has 0 bridgehead atoms. The van der Waals surface area contributed by atoms with Crippen LogP contribution < -0.4 is 5.73 Å². The molecule has 5 nitrogen and oxygen atoms in total. The molecule has 5 heteroatoms. The zero-order valence-corrected chi connectivity index (χ0v) is 16.8. The topological polar surface area (TPSA) is 89.6 Å². The molecular formula is C21H41NO4. The van der Waals surface area contributed by atoms with Crippen molar-refractivity contribution in [3.8, 4) is 0 Å². The van der Waals surface area contributed by atoms with Gasteiger partial charge in [0.1, 0.15) is 6.04 Å². The first-order valence-electron chi connectivity index (χ1n) is 10.7. The molecule has 26 heavy (non-hydrogen) atoms. The van der Waals surface area contributed by atoms with E-state index in [2.05, 4.69) is 6.92 Å². The maximum Gasteiger partial charge on any atom is 0.322 e. The Morgan fingerprint density at radius 1 is 0.808 bits per heavy atom. The van der Waals surface area contributed by atoms with E-state index in [0.29, 0.717) is 6.61 Å². The Morgan fingerprint density at radius 2 is 1.23 bits per heavy atom. The number of rotatable bonds is 19. The molecule has 0 aromatic heterocycles. The Morgan fingerprint density at radius 3 is 1.65 bits per heavy atom. The summed E-state index contributed by atoms with van der Waals surface area (Å²) >= 11 is 0. The fourth-order valence-electron chi connectivity index (χ4n) is 2.97. The van der Waals surface area contributed by atoms with Gasteiger partial charge in [-0.15, -0.1) is 0 Å². The van der Waals surface area contributed by atoms with Crippen LogP contribution in [0.1, 0.15) is 110 Å². The van der Waals surface area contributed by atoms with Gasteiger partial charge >= 0.3 is 11.9 Å². The third kappa shape index (κ3) is 17.7. The lowest BCUT2D eigenvalue weighted by atomic mass is 10.0. The highest BCUT2D eigenvalue weighted by molar-refractivity contribution is 5.76. The number of carbonyl (C=O) groups is 2. The molecule has 0 aliphatic heterocycles. The highest BCUT2D eigenvalue weighted by atomic mass is 16.5. The summed E-state index contributed by atoms with van der Waals surface area (Å²) in [4.78, 5) is 22.0. The maximum atomic E-state index is 11.5. The van der Waals surface area contributed by atoms with Crippen molar-refractivity contribution in [1.82, 2.24) is 0 Å². The number of aliphatic carboxylic acids is 1. The lowest BCUT2D eigenvalue weighted by Gasteiger charge is -2.10. The van der Waals surface area contributed by atoms with Crippen LogP contribution in [0.4, 0.5) is 0 Å². The summed E-state index contributed by atoms with van der Waals surface area (Å²) in [6.07, 6.45) is 18.1. The first-order chi connectivity index (χ1) is 12.6. The molecule has 0 aliphatic rings. The molecule has 0 fully saturated rings. The molecule has 0 radical (unpaired) electrons. The minimum absolute atomic E-state index is 0.102. The van der Waals surface area contributed by atoms with Crippen LogP contribution in [0.15, 0.2) is 0 Å². The number of esters is 1. The van der Waals surface area contributed by atoms with Crippen LogP contribution >= 0.6 is 0 Å². The van der Waals surface area contributed by atoms with Crippen LogP contribution in [0.3, 0.4) is 0 Å². The predicted octanol–water partition coefficient (Wildman–Crippen LogP) is 5.20. The van der Waals surface area contributed by atoms with Crippen molar-refractivity contribution < 1.29 is 19.4 Å². The van der Waals surface area contributed by atoms with Gasteiger partial charge in [0.15, 0.2) is 0 Å². The van der Waals surface area contributed by atoms with Crippen LogP contribution in [0, 0.1) is 0 Å². The van der Waals surface area contributed by atoms with Gasteiger partial charge < -0.3 is 15.6 Å². The number of carboxylic acid groups (broad SMARTS) is 1. The quantitative estimate of drug-likeness (QED) is 0.240. The summed E-state index contributed by atoms with van der Waals surface area (Å²) in [7, 11) is 0. The lowest BCUT2D eigenvalue weighted by molar-refractivity contribution is -0.145. The van der Waals surface area contributed by atoms with Gasteiger partial charge in [0.25, 0.3) is 0 Å². The molecule has 154 valence electrons. The molecule has 0 heterocycles. The molecule has 0 aromatic carbocycles. The Bertz CT molecular complexity index is 347. The number of carboxylic acids is 1. The highest BCUT2D eigenvalue weighted by Gasteiger charge is 2.15. The van der Waals surface area contributed by atoms with Crippen LogP contribution in [0.2, 0.25) is 0 Å². The fraction of sp³-hybridized carbons (Fsp3) is 0.905. The zero-order valence-electron chi connectivity index (χ0n) is 16.8. The molecule has 0 rings (SSSR count). The van der Waals surface area contributed by atoms with Crippen LogP contribution in [0.5, 0.6) is 0 Å². The van der Waals surface area contributed by atoms with E-state index < -0.39 is 18.0 Å². The van der Waals surface area contributed by atoms with Crippen molar-refractivity contribution in [3.63, 3.8) is 0 Å². The number of carbonyl (C=O) groups excluding carboxylic acids is 1. The van der Waals surface area contributed by atoms with Gasteiger partial charge in [-0.25, -0.2) is 0 Å². The Kier molecular flexibility index (Phi) is 17.9. The first kappa shape index (κ1) is 24.9. The minimum atomic E-state index is -0.944. The molecule has 0 aliphatic carbocycles. The van der Waals surface area contributed by atoms with E-state index in [-0.39, 0.29) is 12.8 Å². The van der Waals surface area contributed by atoms with Crippen LogP contribution in [-0.4, -0.2) is 29.7 Å². The average Bonchev–Trinajstić information content (AvgIpc) is 2.62. The predicted molar refractivity (Wildman–Crippen MR) is 106 cm³/mol. The summed E-state index contributed by atoms with van der Waals surface area (Å²) in [5, 5.41) is 8.55. The highest BCUT2D eigenvalue weighted by Crippen LogP contribution is 2.13. The summed E-state index contributed by atoms with van der Waals surface area (Å²) in [6, 6.07) is -0.822. The number of nitrogens with two attached hydrogens (primary N) is 1. The van der Waals surface area contributed by atoms with Gasteiger partial charge in [0, 0.05) is 6.42 Å². The van der Waals surface area contributed by atoms with Gasteiger partial charge in [-0.3, -0.25) is 9.59 Å². The summed E-state index contributed by atoms with van der Waals surface area (Å²) in [5.41, 5.74) is 5.59. The number of unbranched alkanes of at least 4 members (excludes halogenated alkanes) is 13. The Labute approximate surface area is 160 Å². The fourth-order valence-corrected chi connectivity index (χ4v) is 2.97. The molecule has 0 spiro atoms. The van der Waals surface area contributed by atoms with E-state index in [9.17, 15) is 9.59 Å². The Hall–Kier alpha value is -1.10. The van der Waals surface area contributed by atoms with Gasteiger partial charge in [0.2, 0.25) is 0 Å². The van der Waals surface area contributed by atoms with E-state index >= 15 is 0 Å². The average molecular weight is 372 g/mol. The second kappa shape index (κ2) is 18.7. The Balaban J connectivity index is 3.24. The van der Waals surface area contributed by atoms with Crippen LogP contribution in [0.25, 0.3) is 0 Å². The maximum absolute atomic E-state index is 11.5. The summed E-state index contributed by atoms with van der Waals surface area (Å²) < 4.78 is 5.09. The number of hydrogen-bond acceptors (Lipinski definition) is 4. The van der Waals surface area contributed by atoms with Crippen molar-refractivity contribution in [3.05, 3.63) is 0 Å². The lowest BCUT2D eigenvalue weighted by Crippen LogP contribution is -2.33. The van der Waals surface area contributed by atoms with E-state index in [1.165, 1.54) is 77.0 Å². The molecule has 3 N–H and O–H groups in total. The van der Waals surface area contributed by atoms with Crippen molar-refractivity contribution in [2.24, 2.45) is 5.73 Å². The molecule has 0 unspecified atom stereocenters. The second-order valence-corrected chi connectivity index (χ2v) is 7.30. The monoisotopic (exact) mass is 371 g/mol. The normalized spacial score (nSPS) is 12.1. The number of hydrogen-bond donors (Lipinski definition) is 2.